The molecule has 0 radical (unpaired) electrons. The molecule has 0 bridgehead atoms. The van der Waals surface area contributed by atoms with Crippen LogP contribution < -0.4 is 14.8 Å². The van der Waals surface area contributed by atoms with E-state index in [4.69, 9.17) is 9.47 Å². The van der Waals surface area contributed by atoms with Gasteiger partial charge in [-0.1, -0.05) is 26.0 Å². The minimum Gasteiger partial charge on any atom is -0.482 e. The number of amides is 1. The third-order valence-electron chi connectivity index (χ3n) is 4.51. The molecule has 1 amide bonds. The average Bonchev–Trinajstić information content (AvgIpc) is 2.55. The molecule has 2 atom stereocenters. The largest absolute Gasteiger partial charge is 0.482 e. The molecule has 23 heavy (non-hydrogen) atoms. The van der Waals surface area contributed by atoms with Gasteiger partial charge in [0, 0.05) is 6.54 Å². The van der Waals surface area contributed by atoms with Gasteiger partial charge in [-0.25, -0.2) is 0 Å². The van der Waals surface area contributed by atoms with E-state index < -0.39 is 23.6 Å². The second kappa shape index (κ2) is 6.89. The van der Waals surface area contributed by atoms with Crippen molar-refractivity contribution in [3.05, 3.63) is 24.3 Å². The number of nitrogens with one attached hydrogen (secondary N) is 1. The molecule has 2 rings (SSSR count). The molecular formula is C17H23NO5. The molecule has 0 spiro atoms. The predicted octanol–water partition coefficient (Wildman–Crippen LogP) is 2.22. The standard InChI is InChI=1S/C17H23NO5/c1-4-17(5-2,16(20)21)10-18-15(19)14-11(3)22-12-8-6-7-9-13(12)23-14/h6-9,11,14H,4-5,10H2,1-3H3,(H,18,19)(H,20,21). The summed E-state index contributed by atoms with van der Waals surface area (Å²) in [6.45, 7) is 5.44. The van der Waals surface area contributed by atoms with E-state index in [-0.39, 0.29) is 12.5 Å². The van der Waals surface area contributed by atoms with Crippen molar-refractivity contribution in [1.82, 2.24) is 5.32 Å². The summed E-state index contributed by atoms with van der Waals surface area (Å²) in [5, 5.41) is 12.1. The van der Waals surface area contributed by atoms with Gasteiger partial charge in [0.1, 0.15) is 6.10 Å². The number of rotatable bonds is 6. The number of fused-ring (bicyclic) bond motifs is 1. The van der Waals surface area contributed by atoms with E-state index in [2.05, 4.69) is 5.32 Å². The number of carboxylic acids is 1. The zero-order chi connectivity index (χ0) is 17.0. The molecule has 0 saturated carbocycles. The van der Waals surface area contributed by atoms with Crippen LogP contribution in [0.4, 0.5) is 0 Å². The zero-order valence-electron chi connectivity index (χ0n) is 13.7. The maximum Gasteiger partial charge on any atom is 0.311 e. The minimum atomic E-state index is -0.952. The number of benzene rings is 1. The summed E-state index contributed by atoms with van der Waals surface area (Å²) in [6.07, 6.45) is -0.364. The topological polar surface area (TPSA) is 84.9 Å². The van der Waals surface area contributed by atoms with E-state index in [9.17, 15) is 14.7 Å². The second-order valence-electron chi connectivity index (χ2n) is 5.82. The fraction of sp³-hybridized carbons (Fsp3) is 0.529. The molecule has 2 N–H and O–H groups in total. The van der Waals surface area contributed by atoms with E-state index in [1.165, 1.54) is 0 Å². The van der Waals surface area contributed by atoms with E-state index in [1.54, 1.807) is 25.1 Å². The van der Waals surface area contributed by atoms with Crippen molar-refractivity contribution in [2.45, 2.75) is 45.8 Å². The number of hydrogen-bond acceptors (Lipinski definition) is 4. The van der Waals surface area contributed by atoms with Crippen molar-refractivity contribution in [3.63, 3.8) is 0 Å². The van der Waals surface area contributed by atoms with Crippen molar-refractivity contribution in [2.24, 2.45) is 5.41 Å². The molecule has 1 aliphatic rings. The lowest BCUT2D eigenvalue weighted by Crippen LogP contribution is -2.52. The summed E-state index contributed by atoms with van der Waals surface area (Å²) >= 11 is 0. The van der Waals surface area contributed by atoms with Gasteiger partial charge in [0.2, 0.25) is 6.10 Å². The maximum absolute atomic E-state index is 12.4. The molecule has 6 nitrogen and oxygen atoms in total. The Morgan fingerprint density at radius 2 is 1.74 bits per heavy atom. The number of hydrogen-bond donors (Lipinski definition) is 2. The van der Waals surface area contributed by atoms with Crippen LogP contribution in [-0.2, 0) is 9.59 Å². The van der Waals surface area contributed by atoms with Gasteiger partial charge >= 0.3 is 5.97 Å². The summed E-state index contributed by atoms with van der Waals surface area (Å²) in [7, 11) is 0. The van der Waals surface area contributed by atoms with Crippen LogP contribution in [0.15, 0.2) is 24.3 Å². The lowest BCUT2D eigenvalue weighted by atomic mass is 9.82. The van der Waals surface area contributed by atoms with Gasteiger partial charge in [-0.2, -0.15) is 0 Å². The highest BCUT2D eigenvalue weighted by Gasteiger charge is 2.38. The third kappa shape index (κ3) is 3.41. The third-order valence-corrected chi connectivity index (χ3v) is 4.51. The molecule has 0 saturated heterocycles. The van der Waals surface area contributed by atoms with Gasteiger partial charge in [0.15, 0.2) is 11.5 Å². The highest BCUT2D eigenvalue weighted by Crippen LogP contribution is 2.33. The van der Waals surface area contributed by atoms with Crippen LogP contribution in [0.1, 0.15) is 33.6 Å². The molecule has 126 valence electrons. The Morgan fingerprint density at radius 3 is 2.26 bits per heavy atom. The predicted molar refractivity (Wildman–Crippen MR) is 84.6 cm³/mol. The van der Waals surface area contributed by atoms with Crippen LogP contribution >= 0.6 is 0 Å². The molecule has 1 aromatic carbocycles. The first-order valence-corrected chi connectivity index (χ1v) is 7.87. The Morgan fingerprint density at radius 1 is 1.17 bits per heavy atom. The van der Waals surface area contributed by atoms with Crippen LogP contribution in [0, 0.1) is 5.41 Å². The SMILES string of the molecule is CCC(CC)(CNC(=O)C1Oc2ccccc2OC1C)C(=O)O. The van der Waals surface area contributed by atoms with Crippen LogP contribution in [0.5, 0.6) is 11.5 Å². The van der Waals surface area contributed by atoms with Crippen LogP contribution in [0.3, 0.4) is 0 Å². The fourth-order valence-corrected chi connectivity index (χ4v) is 2.64. The number of aliphatic carboxylic acids is 1. The van der Waals surface area contributed by atoms with Crippen molar-refractivity contribution < 1.29 is 24.2 Å². The van der Waals surface area contributed by atoms with Crippen LogP contribution in [-0.4, -0.2) is 35.7 Å². The van der Waals surface area contributed by atoms with Crippen LogP contribution in [0.2, 0.25) is 0 Å². The molecular weight excluding hydrogens is 298 g/mol. The van der Waals surface area contributed by atoms with E-state index in [0.29, 0.717) is 24.3 Å². The fourth-order valence-electron chi connectivity index (χ4n) is 2.64. The first kappa shape index (κ1) is 17.1. The number of carboxylic acid groups (broad SMARTS) is 1. The highest BCUT2D eigenvalue weighted by molar-refractivity contribution is 5.83. The molecule has 6 heteroatoms. The van der Waals surface area contributed by atoms with Gasteiger partial charge in [-0.3, -0.25) is 9.59 Å². The van der Waals surface area contributed by atoms with E-state index in [1.807, 2.05) is 19.9 Å². The molecule has 0 aromatic heterocycles. The first-order chi connectivity index (χ1) is 10.9. The second-order valence-corrected chi connectivity index (χ2v) is 5.82. The molecule has 2 unspecified atom stereocenters. The van der Waals surface area contributed by atoms with Gasteiger partial charge < -0.3 is 19.9 Å². The van der Waals surface area contributed by atoms with Gasteiger partial charge in [0.05, 0.1) is 5.41 Å². The lowest BCUT2D eigenvalue weighted by molar-refractivity contribution is -0.149. The monoisotopic (exact) mass is 321 g/mol. The molecule has 0 fully saturated rings. The Kier molecular flexibility index (Phi) is 5.13. The van der Waals surface area contributed by atoms with E-state index in [0.717, 1.165) is 0 Å². The normalized spacial score (nSPS) is 20.0. The maximum atomic E-state index is 12.4. The first-order valence-electron chi connectivity index (χ1n) is 7.87. The van der Waals surface area contributed by atoms with Crippen molar-refractivity contribution >= 4 is 11.9 Å². The summed E-state index contributed by atoms with van der Waals surface area (Å²) in [5.74, 6) is -0.145. The zero-order valence-corrected chi connectivity index (χ0v) is 13.7. The Labute approximate surface area is 135 Å². The summed E-state index contributed by atoms with van der Waals surface area (Å²) in [5.41, 5.74) is -0.952. The molecule has 0 aliphatic carbocycles. The summed E-state index contributed by atoms with van der Waals surface area (Å²) in [6, 6.07) is 7.15. The number of ether oxygens (including phenoxy) is 2. The Bertz CT molecular complexity index is 582. The summed E-state index contributed by atoms with van der Waals surface area (Å²) in [4.78, 5) is 23.9. The number of carbonyl (C=O) groups is 2. The van der Waals surface area contributed by atoms with Gasteiger partial charge in [-0.05, 0) is 31.9 Å². The molecule has 1 aliphatic heterocycles. The van der Waals surface area contributed by atoms with Gasteiger partial charge in [-0.15, -0.1) is 0 Å². The van der Waals surface area contributed by atoms with Crippen molar-refractivity contribution in [2.75, 3.05) is 6.54 Å². The number of carbonyl (C=O) groups excluding carboxylic acids is 1. The van der Waals surface area contributed by atoms with Crippen LogP contribution in [0.25, 0.3) is 0 Å². The van der Waals surface area contributed by atoms with Crippen molar-refractivity contribution in [1.29, 1.82) is 0 Å². The van der Waals surface area contributed by atoms with Crippen molar-refractivity contribution in [3.8, 4) is 11.5 Å². The summed E-state index contributed by atoms with van der Waals surface area (Å²) < 4.78 is 11.4. The van der Waals surface area contributed by atoms with Gasteiger partial charge in [0.25, 0.3) is 5.91 Å². The lowest BCUT2D eigenvalue weighted by Gasteiger charge is -2.32. The number of para-hydroxylation sites is 2. The smallest absolute Gasteiger partial charge is 0.311 e. The molecule has 1 heterocycles. The van der Waals surface area contributed by atoms with E-state index >= 15 is 0 Å². The highest BCUT2D eigenvalue weighted by atomic mass is 16.6. The quantitative estimate of drug-likeness (QED) is 0.839. The average molecular weight is 321 g/mol. The minimum absolute atomic E-state index is 0.0718. The Balaban J connectivity index is 2.05. The Hall–Kier alpha value is -2.24. The molecule has 1 aromatic rings.